The van der Waals surface area contributed by atoms with E-state index in [4.69, 9.17) is 0 Å². The molecule has 1 rings (SSSR count). The van der Waals surface area contributed by atoms with Crippen molar-refractivity contribution in [2.24, 2.45) is 11.8 Å². The third kappa shape index (κ3) is 1.78. The first-order valence-electron chi connectivity index (χ1n) is 5.09. The van der Waals surface area contributed by atoms with Gasteiger partial charge in [-0.05, 0) is 46.7 Å². The minimum atomic E-state index is 0.161. The van der Waals surface area contributed by atoms with Crippen LogP contribution in [0.2, 0.25) is 0 Å². The average Bonchev–Trinajstić information content (AvgIpc) is 2.01. The van der Waals surface area contributed by atoms with Crippen LogP contribution in [0.3, 0.4) is 0 Å². The summed E-state index contributed by atoms with van der Waals surface area (Å²) in [5, 5.41) is 0. The highest BCUT2D eigenvalue weighted by atomic mass is 16.1. The van der Waals surface area contributed by atoms with Crippen molar-refractivity contribution in [1.82, 2.24) is 4.90 Å². The van der Waals surface area contributed by atoms with E-state index in [1.807, 2.05) is 0 Å². The molecule has 1 fully saturated rings. The molecule has 1 saturated heterocycles. The maximum atomic E-state index is 11.4. The van der Waals surface area contributed by atoms with E-state index in [1.165, 1.54) is 0 Å². The van der Waals surface area contributed by atoms with Gasteiger partial charge >= 0.3 is 0 Å². The topological polar surface area (TPSA) is 20.3 Å². The molecule has 0 aromatic carbocycles. The molecule has 1 aliphatic heterocycles. The smallest absolute Gasteiger partial charge is 0.133 e. The zero-order valence-corrected chi connectivity index (χ0v) is 9.42. The predicted octanol–water partition coefficient (Wildman–Crippen LogP) is 1.94. The normalized spacial score (nSPS) is 34.5. The number of likely N-dealkylation sites (tertiary alicyclic amines) is 1. The van der Waals surface area contributed by atoms with E-state index >= 15 is 0 Å². The van der Waals surface area contributed by atoms with Crippen LogP contribution in [0.4, 0.5) is 0 Å². The molecule has 76 valence electrons. The van der Waals surface area contributed by atoms with Gasteiger partial charge in [0.1, 0.15) is 5.78 Å². The second-order valence-corrected chi connectivity index (χ2v) is 4.87. The number of hydrogen-bond acceptors (Lipinski definition) is 2. The average molecular weight is 183 g/mol. The predicted molar refractivity (Wildman–Crippen MR) is 54.7 cm³/mol. The zero-order valence-electron chi connectivity index (χ0n) is 9.42. The second kappa shape index (κ2) is 3.41. The van der Waals surface area contributed by atoms with E-state index in [0.29, 0.717) is 11.7 Å². The van der Waals surface area contributed by atoms with Gasteiger partial charge in [0.2, 0.25) is 0 Å². The summed E-state index contributed by atoms with van der Waals surface area (Å²) in [5.74, 6) is 1.09. The Morgan fingerprint density at radius 1 is 1.46 bits per heavy atom. The fourth-order valence-corrected chi connectivity index (χ4v) is 2.27. The van der Waals surface area contributed by atoms with E-state index in [0.717, 1.165) is 13.0 Å². The Labute approximate surface area is 81.3 Å². The van der Waals surface area contributed by atoms with Gasteiger partial charge in [-0.25, -0.2) is 0 Å². The summed E-state index contributed by atoms with van der Waals surface area (Å²) in [6.07, 6.45) is 1.02. The van der Waals surface area contributed by atoms with E-state index in [-0.39, 0.29) is 11.5 Å². The highest BCUT2D eigenvalue weighted by Crippen LogP contribution is 2.36. The molecule has 0 amide bonds. The molecule has 1 heterocycles. The Morgan fingerprint density at radius 3 is 2.46 bits per heavy atom. The van der Waals surface area contributed by atoms with Crippen LogP contribution in [0.25, 0.3) is 0 Å². The Morgan fingerprint density at radius 2 is 2.00 bits per heavy atom. The Hall–Kier alpha value is -0.370. The standard InChI is InChI=1S/C11H21NO/c1-8-10(9(2)13)6-7-12(5)11(8,3)4/h8,10H,6-7H2,1-5H3. The maximum absolute atomic E-state index is 11.4. The van der Waals surface area contributed by atoms with E-state index in [9.17, 15) is 4.79 Å². The van der Waals surface area contributed by atoms with Crippen molar-refractivity contribution in [2.45, 2.75) is 39.7 Å². The molecule has 2 nitrogen and oxygen atoms in total. The molecule has 0 spiro atoms. The number of hydrogen-bond donors (Lipinski definition) is 0. The molecule has 2 heteroatoms. The van der Waals surface area contributed by atoms with Crippen molar-refractivity contribution >= 4 is 5.78 Å². The number of nitrogens with zero attached hydrogens (tertiary/aromatic N) is 1. The Balaban J connectivity index is 2.82. The fraction of sp³-hybridized carbons (Fsp3) is 0.909. The minimum Gasteiger partial charge on any atom is -0.301 e. The van der Waals surface area contributed by atoms with Gasteiger partial charge in [-0.3, -0.25) is 4.79 Å². The molecule has 0 saturated carbocycles. The van der Waals surface area contributed by atoms with Crippen LogP contribution >= 0.6 is 0 Å². The van der Waals surface area contributed by atoms with Crippen LogP contribution < -0.4 is 0 Å². The number of rotatable bonds is 1. The Kier molecular flexibility index (Phi) is 2.81. The molecule has 0 aromatic heterocycles. The highest BCUT2D eigenvalue weighted by Gasteiger charge is 2.40. The molecule has 0 aliphatic carbocycles. The summed E-state index contributed by atoms with van der Waals surface area (Å²) in [6, 6.07) is 0. The maximum Gasteiger partial charge on any atom is 0.133 e. The van der Waals surface area contributed by atoms with Crippen molar-refractivity contribution in [1.29, 1.82) is 0 Å². The number of Topliss-reactive ketones (excluding diaryl/α,β-unsaturated/α-hetero) is 1. The van der Waals surface area contributed by atoms with E-state index in [1.54, 1.807) is 6.92 Å². The molecule has 0 N–H and O–H groups in total. The van der Waals surface area contributed by atoms with Gasteiger partial charge in [0.05, 0.1) is 0 Å². The van der Waals surface area contributed by atoms with Crippen molar-refractivity contribution in [3.8, 4) is 0 Å². The molecule has 13 heavy (non-hydrogen) atoms. The molecular weight excluding hydrogens is 162 g/mol. The van der Waals surface area contributed by atoms with E-state index in [2.05, 4.69) is 32.7 Å². The van der Waals surface area contributed by atoms with Gasteiger partial charge in [-0.2, -0.15) is 0 Å². The van der Waals surface area contributed by atoms with Crippen LogP contribution in [0.1, 0.15) is 34.1 Å². The molecular formula is C11H21NO. The zero-order chi connectivity index (χ0) is 10.2. The van der Waals surface area contributed by atoms with Gasteiger partial charge in [-0.15, -0.1) is 0 Å². The fourth-order valence-electron chi connectivity index (χ4n) is 2.27. The first kappa shape index (κ1) is 10.7. The van der Waals surface area contributed by atoms with Crippen LogP contribution in [0.15, 0.2) is 0 Å². The number of carbonyl (C=O) groups excluding carboxylic acids is 1. The van der Waals surface area contributed by atoms with Crippen molar-refractivity contribution in [3.63, 3.8) is 0 Å². The number of carbonyl (C=O) groups is 1. The summed E-state index contributed by atoms with van der Waals surface area (Å²) in [7, 11) is 2.15. The molecule has 0 aromatic rings. The van der Waals surface area contributed by atoms with Crippen LogP contribution in [0, 0.1) is 11.8 Å². The SMILES string of the molecule is CC(=O)C1CCN(C)C(C)(C)C1C. The van der Waals surface area contributed by atoms with Crippen LogP contribution in [-0.4, -0.2) is 29.8 Å². The quantitative estimate of drug-likeness (QED) is 0.619. The van der Waals surface area contributed by atoms with Crippen molar-refractivity contribution in [3.05, 3.63) is 0 Å². The highest BCUT2D eigenvalue weighted by molar-refractivity contribution is 5.78. The lowest BCUT2D eigenvalue weighted by molar-refractivity contribution is -0.127. The van der Waals surface area contributed by atoms with Crippen LogP contribution in [-0.2, 0) is 4.79 Å². The minimum absolute atomic E-state index is 0.161. The molecule has 2 unspecified atom stereocenters. The largest absolute Gasteiger partial charge is 0.301 e. The molecule has 1 aliphatic rings. The summed E-state index contributed by atoms with van der Waals surface area (Å²) < 4.78 is 0. The second-order valence-electron chi connectivity index (χ2n) is 4.87. The monoisotopic (exact) mass is 183 g/mol. The lowest BCUT2D eigenvalue weighted by Crippen LogP contribution is -2.54. The summed E-state index contributed by atoms with van der Waals surface area (Å²) in [6.45, 7) is 9.42. The number of ketones is 1. The molecule has 2 atom stereocenters. The van der Waals surface area contributed by atoms with Crippen LogP contribution in [0.5, 0.6) is 0 Å². The van der Waals surface area contributed by atoms with Gasteiger partial charge in [0.25, 0.3) is 0 Å². The molecule has 0 radical (unpaired) electrons. The lowest BCUT2D eigenvalue weighted by atomic mass is 9.72. The van der Waals surface area contributed by atoms with Gasteiger partial charge in [0.15, 0.2) is 0 Å². The molecule has 0 bridgehead atoms. The summed E-state index contributed by atoms with van der Waals surface area (Å²) >= 11 is 0. The Bertz CT molecular complexity index is 210. The third-order valence-corrected chi connectivity index (χ3v) is 4.00. The van der Waals surface area contributed by atoms with Gasteiger partial charge in [0, 0.05) is 11.5 Å². The van der Waals surface area contributed by atoms with Gasteiger partial charge < -0.3 is 4.90 Å². The summed E-state index contributed by atoms with van der Waals surface area (Å²) in [4.78, 5) is 13.7. The lowest BCUT2D eigenvalue weighted by Gasteiger charge is -2.48. The summed E-state index contributed by atoms with van der Waals surface area (Å²) in [5.41, 5.74) is 0.161. The van der Waals surface area contributed by atoms with Crippen molar-refractivity contribution in [2.75, 3.05) is 13.6 Å². The van der Waals surface area contributed by atoms with E-state index < -0.39 is 0 Å². The van der Waals surface area contributed by atoms with Gasteiger partial charge in [-0.1, -0.05) is 6.92 Å². The number of piperidine rings is 1. The first-order chi connectivity index (χ1) is 5.87. The van der Waals surface area contributed by atoms with Crippen molar-refractivity contribution < 1.29 is 4.79 Å². The third-order valence-electron chi connectivity index (χ3n) is 4.00. The first-order valence-corrected chi connectivity index (χ1v) is 5.09.